The number of aliphatic hydroxyl groups excluding tert-OH is 3. The highest BCUT2D eigenvalue weighted by Gasteiger charge is 1.99. The summed E-state index contributed by atoms with van der Waals surface area (Å²) in [6, 6.07) is 0. The Bertz CT molecular complexity index is 464. The minimum atomic E-state index is -0.954. The van der Waals surface area contributed by atoms with Gasteiger partial charge in [0.1, 0.15) is 6.10 Å². The van der Waals surface area contributed by atoms with Crippen LogP contribution < -0.4 is 0 Å². The highest BCUT2D eigenvalue weighted by atomic mass is 16.4. The first-order valence-corrected chi connectivity index (χ1v) is 14.7. The van der Waals surface area contributed by atoms with E-state index in [1.165, 1.54) is 38.5 Å². The molecule has 0 aliphatic rings. The van der Waals surface area contributed by atoms with Gasteiger partial charge in [-0.3, -0.25) is 14.4 Å². The Labute approximate surface area is 238 Å². The van der Waals surface area contributed by atoms with Crippen LogP contribution in [0.3, 0.4) is 0 Å². The normalized spacial score (nSPS) is 10.4. The zero-order valence-electron chi connectivity index (χ0n) is 25.7. The lowest BCUT2D eigenvalue weighted by atomic mass is 10.0. The second-order valence-corrected chi connectivity index (χ2v) is 11.2. The fraction of sp³-hybridized carbons (Fsp3) is 0.900. The highest BCUT2D eigenvalue weighted by molar-refractivity contribution is 5.67. The van der Waals surface area contributed by atoms with Crippen LogP contribution in [0.4, 0.5) is 0 Å². The number of carboxylic acids is 3. The average Bonchev–Trinajstić information content (AvgIpc) is 2.83. The van der Waals surface area contributed by atoms with E-state index in [4.69, 9.17) is 30.6 Å². The maximum Gasteiger partial charge on any atom is 0.303 e. The molecule has 6 N–H and O–H groups in total. The summed E-state index contributed by atoms with van der Waals surface area (Å²) < 4.78 is 0. The van der Waals surface area contributed by atoms with Crippen molar-refractivity contribution in [3.8, 4) is 0 Å². The van der Waals surface area contributed by atoms with Crippen LogP contribution in [0.25, 0.3) is 0 Å². The number of hydrogen-bond donors (Lipinski definition) is 6. The van der Waals surface area contributed by atoms with Gasteiger partial charge in [0, 0.05) is 19.3 Å². The molecule has 0 aromatic heterocycles. The zero-order chi connectivity index (χ0) is 31.1. The molecule has 0 unspecified atom stereocenters. The van der Waals surface area contributed by atoms with E-state index in [9.17, 15) is 14.4 Å². The van der Waals surface area contributed by atoms with Crippen molar-refractivity contribution in [1.29, 1.82) is 0 Å². The summed E-state index contributed by atoms with van der Waals surface area (Å²) >= 11 is 0. The number of rotatable bonds is 20. The first-order valence-electron chi connectivity index (χ1n) is 14.7. The molecule has 0 aliphatic heterocycles. The van der Waals surface area contributed by atoms with Crippen LogP contribution in [0, 0.1) is 17.8 Å². The second kappa shape index (κ2) is 34.3. The van der Waals surface area contributed by atoms with Gasteiger partial charge in [-0.05, 0) is 37.0 Å². The lowest BCUT2D eigenvalue weighted by Gasteiger charge is -2.02. The molecule has 0 radical (unpaired) electrons. The van der Waals surface area contributed by atoms with Gasteiger partial charge in [0.2, 0.25) is 0 Å². The lowest BCUT2D eigenvalue weighted by Crippen LogP contribution is -2.15. The molecule has 0 spiro atoms. The van der Waals surface area contributed by atoms with E-state index in [0.29, 0.717) is 19.3 Å². The van der Waals surface area contributed by atoms with Crippen molar-refractivity contribution in [3.05, 3.63) is 0 Å². The molecule has 0 fully saturated rings. The van der Waals surface area contributed by atoms with E-state index in [1.807, 2.05) is 0 Å². The van der Waals surface area contributed by atoms with E-state index in [1.54, 1.807) is 0 Å². The third-order valence-electron chi connectivity index (χ3n) is 5.44. The SMILES string of the molecule is CC(C)CCCCCC(=O)O.CC(C)CCCCCC(=O)O.CC(C)CCCCCC(=O)O.OCC(O)CO. The first-order chi connectivity index (χ1) is 18.2. The van der Waals surface area contributed by atoms with Gasteiger partial charge in [-0.2, -0.15) is 0 Å². The van der Waals surface area contributed by atoms with E-state index in [2.05, 4.69) is 41.5 Å². The molecule has 236 valence electrons. The molecule has 0 atom stereocenters. The predicted molar refractivity (Wildman–Crippen MR) is 157 cm³/mol. The maximum absolute atomic E-state index is 10.1. The summed E-state index contributed by atoms with van der Waals surface area (Å²) in [5, 5.41) is 49.0. The van der Waals surface area contributed by atoms with Gasteiger partial charge in [0.15, 0.2) is 0 Å². The van der Waals surface area contributed by atoms with Crippen LogP contribution in [-0.2, 0) is 14.4 Å². The zero-order valence-corrected chi connectivity index (χ0v) is 25.7. The summed E-state index contributed by atoms with van der Waals surface area (Å²) in [7, 11) is 0. The van der Waals surface area contributed by atoms with E-state index in [-0.39, 0.29) is 13.2 Å². The molecule has 0 rings (SSSR count). The maximum atomic E-state index is 10.1. The van der Waals surface area contributed by atoms with Crippen molar-refractivity contribution in [3.63, 3.8) is 0 Å². The van der Waals surface area contributed by atoms with Gasteiger partial charge in [-0.1, -0.05) is 99.3 Å². The monoisotopic (exact) mass is 566 g/mol. The number of hydrogen-bond acceptors (Lipinski definition) is 6. The Morgan fingerprint density at radius 2 is 0.692 bits per heavy atom. The van der Waals surface area contributed by atoms with Crippen molar-refractivity contribution >= 4 is 17.9 Å². The summed E-state index contributed by atoms with van der Waals surface area (Å²) in [6.07, 6.45) is 12.9. The van der Waals surface area contributed by atoms with E-state index >= 15 is 0 Å². The molecule has 0 aromatic rings. The summed E-state index contributed by atoms with van der Waals surface area (Å²) in [5.74, 6) is 0.234. The minimum absolute atomic E-state index is 0.331. The Hall–Kier alpha value is -1.71. The average molecular weight is 567 g/mol. The van der Waals surface area contributed by atoms with Gasteiger partial charge in [0.25, 0.3) is 0 Å². The molecule has 0 bridgehead atoms. The van der Waals surface area contributed by atoms with Crippen LogP contribution >= 0.6 is 0 Å². The summed E-state index contributed by atoms with van der Waals surface area (Å²) in [4.78, 5) is 30.3. The molecule has 0 heterocycles. The quantitative estimate of drug-likeness (QED) is 0.0916. The molecule has 0 amide bonds. The Morgan fingerprint density at radius 1 is 0.462 bits per heavy atom. The fourth-order valence-electron chi connectivity index (χ4n) is 3.07. The van der Waals surface area contributed by atoms with Crippen molar-refractivity contribution in [2.75, 3.05) is 13.2 Å². The van der Waals surface area contributed by atoms with Gasteiger partial charge < -0.3 is 30.6 Å². The molecular formula is C30H62O9. The molecule has 0 saturated heterocycles. The molecule has 39 heavy (non-hydrogen) atoms. The van der Waals surface area contributed by atoms with Crippen LogP contribution in [0.15, 0.2) is 0 Å². The van der Waals surface area contributed by atoms with E-state index < -0.39 is 24.0 Å². The number of carboxylic acid groups (broad SMARTS) is 3. The molecule has 9 heteroatoms. The summed E-state index contributed by atoms with van der Waals surface area (Å²) in [5.41, 5.74) is 0. The van der Waals surface area contributed by atoms with Crippen LogP contribution in [0.5, 0.6) is 0 Å². The van der Waals surface area contributed by atoms with Crippen molar-refractivity contribution < 1.29 is 45.0 Å². The van der Waals surface area contributed by atoms with Crippen molar-refractivity contribution in [1.82, 2.24) is 0 Å². The van der Waals surface area contributed by atoms with Crippen molar-refractivity contribution in [2.45, 2.75) is 144 Å². The Morgan fingerprint density at radius 3 is 0.821 bits per heavy atom. The number of aliphatic carboxylic acids is 3. The van der Waals surface area contributed by atoms with Gasteiger partial charge in [-0.25, -0.2) is 0 Å². The topological polar surface area (TPSA) is 173 Å². The molecule has 9 nitrogen and oxygen atoms in total. The molecule has 0 aliphatic carbocycles. The lowest BCUT2D eigenvalue weighted by molar-refractivity contribution is -0.138. The van der Waals surface area contributed by atoms with E-state index in [0.717, 1.165) is 56.3 Å². The number of unbranched alkanes of at least 4 members (excludes halogenated alkanes) is 6. The fourth-order valence-corrected chi connectivity index (χ4v) is 3.07. The van der Waals surface area contributed by atoms with Crippen molar-refractivity contribution in [2.24, 2.45) is 17.8 Å². The Kier molecular flexibility index (Phi) is 39.0. The third-order valence-corrected chi connectivity index (χ3v) is 5.44. The largest absolute Gasteiger partial charge is 0.481 e. The Balaban J connectivity index is -0.000000214. The van der Waals surface area contributed by atoms with Gasteiger partial charge in [-0.15, -0.1) is 0 Å². The molecule has 0 saturated carbocycles. The molecule has 0 aromatic carbocycles. The van der Waals surface area contributed by atoms with Crippen LogP contribution in [-0.4, -0.2) is 67.9 Å². The number of aliphatic hydroxyl groups is 3. The second-order valence-electron chi connectivity index (χ2n) is 11.2. The minimum Gasteiger partial charge on any atom is -0.481 e. The predicted octanol–water partition coefficient (Wildman–Crippen LogP) is 6.36. The number of carbonyl (C=O) groups is 3. The third kappa shape index (κ3) is 61.7. The smallest absolute Gasteiger partial charge is 0.303 e. The van der Waals surface area contributed by atoms with Crippen LogP contribution in [0.1, 0.15) is 138 Å². The standard InChI is InChI=1S/3C9H18O2.C3H8O3/c3*1-8(2)6-4-3-5-7-9(10)11;4-1-3(6)2-5/h3*8H,3-7H2,1-2H3,(H,10,11);3-6H,1-2H2. The first kappa shape index (κ1) is 44.3. The molecular weight excluding hydrogens is 504 g/mol. The summed E-state index contributed by atoms with van der Waals surface area (Å²) in [6.45, 7) is 12.4. The van der Waals surface area contributed by atoms with Gasteiger partial charge >= 0.3 is 17.9 Å². The highest BCUT2D eigenvalue weighted by Crippen LogP contribution is 2.10. The van der Waals surface area contributed by atoms with Gasteiger partial charge in [0.05, 0.1) is 13.2 Å². The van der Waals surface area contributed by atoms with Crippen LogP contribution in [0.2, 0.25) is 0 Å².